The first kappa shape index (κ1) is 11.8. The number of nitrogens with two attached hydrogens (primary N) is 1. The fourth-order valence-electron chi connectivity index (χ4n) is 2.75. The number of nitrogens with zero attached hydrogens (tertiary/aromatic N) is 1. The average Bonchev–Trinajstić information content (AvgIpc) is 2.82. The van der Waals surface area contributed by atoms with Gasteiger partial charge in [-0.05, 0) is 32.0 Å². The lowest BCUT2D eigenvalue weighted by Gasteiger charge is -2.25. The topological polar surface area (TPSA) is 42.4 Å². The van der Waals surface area contributed by atoms with Crippen molar-refractivity contribution >= 4 is 11.0 Å². The molecule has 0 atom stereocenters. The second kappa shape index (κ2) is 5.12. The lowest BCUT2D eigenvalue weighted by molar-refractivity contribution is 0.207. The number of fused-ring (bicyclic) bond motifs is 1. The normalized spacial score (nSPS) is 17.4. The van der Waals surface area contributed by atoms with E-state index in [9.17, 15) is 0 Å². The Hall–Kier alpha value is -1.32. The van der Waals surface area contributed by atoms with E-state index in [-0.39, 0.29) is 0 Å². The number of hydrogen-bond acceptors (Lipinski definition) is 3. The maximum atomic E-state index is 5.97. The van der Waals surface area contributed by atoms with E-state index >= 15 is 0 Å². The zero-order valence-corrected chi connectivity index (χ0v) is 10.7. The van der Waals surface area contributed by atoms with Crippen LogP contribution in [0, 0.1) is 0 Å². The van der Waals surface area contributed by atoms with Crippen molar-refractivity contribution in [1.82, 2.24) is 4.90 Å². The minimum absolute atomic E-state index is 0.536. The van der Waals surface area contributed by atoms with Gasteiger partial charge in [-0.2, -0.15) is 0 Å². The van der Waals surface area contributed by atoms with Crippen LogP contribution in [0.25, 0.3) is 11.0 Å². The highest BCUT2D eigenvalue weighted by atomic mass is 16.3. The summed E-state index contributed by atoms with van der Waals surface area (Å²) in [6.45, 7) is 3.86. The molecule has 1 aromatic carbocycles. The number of likely N-dealkylation sites (tertiary alicyclic amines) is 1. The number of benzene rings is 1. The first-order valence-electron chi connectivity index (χ1n) is 6.79. The van der Waals surface area contributed by atoms with Crippen molar-refractivity contribution in [1.29, 1.82) is 0 Å². The number of para-hydroxylation sites is 1. The second-order valence-corrected chi connectivity index (χ2v) is 5.09. The van der Waals surface area contributed by atoms with Gasteiger partial charge in [-0.15, -0.1) is 0 Å². The highest BCUT2D eigenvalue weighted by molar-refractivity contribution is 5.81. The number of hydrogen-bond donors (Lipinski definition) is 1. The molecule has 0 unspecified atom stereocenters. The lowest BCUT2D eigenvalue weighted by Crippen LogP contribution is -2.28. The monoisotopic (exact) mass is 244 g/mol. The van der Waals surface area contributed by atoms with Gasteiger partial charge in [0.1, 0.15) is 11.3 Å². The Kier molecular flexibility index (Phi) is 3.35. The van der Waals surface area contributed by atoms with Crippen molar-refractivity contribution in [2.24, 2.45) is 5.73 Å². The smallest absolute Gasteiger partial charge is 0.138 e. The Balaban J connectivity index is 1.84. The van der Waals surface area contributed by atoms with E-state index in [1.165, 1.54) is 37.7 Å². The van der Waals surface area contributed by atoms with Crippen LogP contribution in [0.4, 0.5) is 0 Å². The first-order chi connectivity index (χ1) is 8.86. The van der Waals surface area contributed by atoms with Crippen LogP contribution in [-0.2, 0) is 13.1 Å². The van der Waals surface area contributed by atoms with E-state index in [4.69, 9.17) is 10.2 Å². The molecule has 1 aliphatic rings. The molecule has 0 aliphatic carbocycles. The van der Waals surface area contributed by atoms with Crippen molar-refractivity contribution in [3.8, 4) is 0 Å². The largest absolute Gasteiger partial charge is 0.459 e. The van der Waals surface area contributed by atoms with Gasteiger partial charge < -0.3 is 10.2 Å². The lowest BCUT2D eigenvalue weighted by atomic mass is 10.1. The zero-order valence-electron chi connectivity index (χ0n) is 10.7. The van der Waals surface area contributed by atoms with Gasteiger partial charge in [-0.1, -0.05) is 24.6 Å². The summed E-state index contributed by atoms with van der Waals surface area (Å²) in [7, 11) is 0. The molecular weight excluding hydrogens is 224 g/mol. The number of rotatable bonds is 3. The van der Waals surface area contributed by atoms with Crippen molar-refractivity contribution in [2.75, 3.05) is 13.1 Å². The molecule has 2 aromatic rings. The van der Waals surface area contributed by atoms with Crippen LogP contribution >= 0.6 is 0 Å². The van der Waals surface area contributed by atoms with Gasteiger partial charge in [0.15, 0.2) is 0 Å². The molecule has 1 aromatic heterocycles. The van der Waals surface area contributed by atoms with Crippen LogP contribution < -0.4 is 5.73 Å². The van der Waals surface area contributed by atoms with E-state index in [1.807, 2.05) is 12.1 Å². The fraction of sp³-hybridized carbons (Fsp3) is 0.467. The molecule has 2 heterocycles. The molecule has 3 rings (SSSR count). The fourth-order valence-corrected chi connectivity index (χ4v) is 2.75. The van der Waals surface area contributed by atoms with E-state index in [1.54, 1.807) is 0 Å². The van der Waals surface area contributed by atoms with Crippen molar-refractivity contribution in [3.63, 3.8) is 0 Å². The molecule has 18 heavy (non-hydrogen) atoms. The summed E-state index contributed by atoms with van der Waals surface area (Å²) in [6, 6.07) is 8.34. The summed E-state index contributed by atoms with van der Waals surface area (Å²) in [6.07, 6.45) is 4.00. The molecule has 3 heteroatoms. The molecule has 96 valence electrons. The van der Waals surface area contributed by atoms with Gasteiger partial charge in [-0.3, -0.25) is 4.90 Å². The molecule has 0 bridgehead atoms. The summed E-state index contributed by atoms with van der Waals surface area (Å²) in [5, 5.41) is 1.17. The van der Waals surface area contributed by atoms with Crippen LogP contribution in [-0.4, -0.2) is 18.0 Å². The Morgan fingerprint density at radius 3 is 2.78 bits per heavy atom. The Morgan fingerprint density at radius 2 is 2.00 bits per heavy atom. The van der Waals surface area contributed by atoms with Gasteiger partial charge in [0, 0.05) is 17.5 Å². The average molecular weight is 244 g/mol. The maximum Gasteiger partial charge on any atom is 0.138 e. The van der Waals surface area contributed by atoms with Gasteiger partial charge in [0.25, 0.3) is 0 Å². The molecule has 0 spiro atoms. The Labute approximate surface area is 108 Å². The van der Waals surface area contributed by atoms with Crippen LogP contribution in [0.15, 0.2) is 28.7 Å². The number of piperidine rings is 1. The first-order valence-corrected chi connectivity index (χ1v) is 6.79. The van der Waals surface area contributed by atoms with Crippen molar-refractivity contribution in [2.45, 2.75) is 32.4 Å². The third-order valence-electron chi connectivity index (χ3n) is 3.72. The highest BCUT2D eigenvalue weighted by Gasteiger charge is 2.13. The minimum Gasteiger partial charge on any atom is -0.459 e. The molecule has 0 saturated carbocycles. The molecule has 3 nitrogen and oxygen atoms in total. The summed E-state index contributed by atoms with van der Waals surface area (Å²) in [5.74, 6) is 1.06. The van der Waals surface area contributed by atoms with Crippen molar-refractivity contribution in [3.05, 3.63) is 35.6 Å². The van der Waals surface area contributed by atoms with Crippen LogP contribution in [0.2, 0.25) is 0 Å². The Morgan fingerprint density at radius 1 is 1.17 bits per heavy atom. The minimum atomic E-state index is 0.536. The zero-order chi connectivity index (χ0) is 12.4. The van der Waals surface area contributed by atoms with E-state index in [2.05, 4.69) is 17.0 Å². The van der Waals surface area contributed by atoms with Crippen molar-refractivity contribution < 1.29 is 4.42 Å². The Bertz CT molecular complexity index is 526. The van der Waals surface area contributed by atoms with Gasteiger partial charge in [0.2, 0.25) is 0 Å². The quantitative estimate of drug-likeness (QED) is 0.902. The molecule has 0 radical (unpaired) electrons. The third-order valence-corrected chi connectivity index (χ3v) is 3.72. The molecular formula is C15H20N2O. The van der Waals surface area contributed by atoms with Gasteiger partial charge in [-0.25, -0.2) is 0 Å². The summed E-state index contributed by atoms with van der Waals surface area (Å²) in [4.78, 5) is 2.48. The summed E-state index contributed by atoms with van der Waals surface area (Å²) >= 11 is 0. The summed E-state index contributed by atoms with van der Waals surface area (Å²) < 4.78 is 5.97. The second-order valence-electron chi connectivity index (χ2n) is 5.09. The molecule has 2 N–H and O–H groups in total. The van der Waals surface area contributed by atoms with Gasteiger partial charge in [0.05, 0.1) is 6.54 Å². The third kappa shape index (κ3) is 2.28. The van der Waals surface area contributed by atoms with Gasteiger partial charge >= 0.3 is 0 Å². The predicted molar refractivity (Wildman–Crippen MR) is 73.2 cm³/mol. The standard InChI is InChI=1S/C15H20N2O/c16-10-13-6-4-5-12-9-14(18-15(12)13)11-17-7-2-1-3-8-17/h4-6,9H,1-3,7-8,10-11,16H2. The van der Waals surface area contributed by atoms with Crippen LogP contribution in [0.5, 0.6) is 0 Å². The summed E-state index contributed by atoms with van der Waals surface area (Å²) in [5.41, 5.74) is 7.80. The van der Waals surface area contributed by atoms with Crippen LogP contribution in [0.1, 0.15) is 30.6 Å². The molecule has 1 saturated heterocycles. The molecule has 1 aliphatic heterocycles. The van der Waals surface area contributed by atoms with Crippen LogP contribution in [0.3, 0.4) is 0 Å². The molecule has 1 fully saturated rings. The van der Waals surface area contributed by atoms with E-state index in [0.717, 1.165) is 23.5 Å². The predicted octanol–water partition coefficient (Wildman–Crippen LogP) is 2.88. The maximum absolute atomic E-state index is 5.97. The van der Waals surface area contributed by atoms with E-state index < -0.39 is 0 Å². The van der Waals surface area contributed by atoms with E-state index in [0.29, 0.717) is 6.54 Å². The SMILES string of the molecule is NCc1cccc2cc(CN3CCCCC3)oc12. The highest BCUT2D eigenvalue weighted by Crippen LogP contribution is 2.24. The number of furan rings is 1. The molecule has 0 amide bonds.